The monoisotopic (exact) mass is 382 g/mol. The molecule has 4 rings (SSSR count). The molecule has 0 saturated carbocycles. The molecular weight excluding hydrogens is 360 g/mol. The fraction of sp³-hybridized carbons (Fsp3) is 0.421. The Labute approximate surface area is 162 Å². The van der Waals surface area contributed by atoms with E-state index in [0.717, 1.165) is 42.4 Å². The van der Waals surface area contributed by atoms with Crippen molar-refractivity contribution in [3.8, 4) is 5.82 Å². The Morgan fingerprint density at radius 3 is 2.89 bits per heavy atom. The average molecular weight is 382 g/mol. The Kier molecular flexibility index (Phi) is 4.73. The highest BCUT2D eigenvalue weighted by Crippen LogP contribution is 2.33. The molecule has 8 heteroatoms. The molecule has 0 aromatic carbocycles. The summed E-state index contributed by atoms with van der Waals surface area (Å²) in [5, 5.41) is 0. The van der Waals surface area contributed by atoms with Crippen molar-refractivity contribution in [3.63, 3.8) is 0 Å². The average Bonchev–Trinajstić information content (AvgIpc) is 3.41. The van der Waals surface area contributed by atoms with Gasteiger partial charge in [-0.25, -0.2) is 15.0 Å². The number of hydrogen-bond acceptors (Lipinski definition) is 6. The molecule has 140 valence electrons. The Morgan fingerprint density at radius 2 is 2.15 bits per heavy atom. The lowest BCUT2D eigenvalue weighted by Gasteiger charge is -2.24. The summed E-state index contributed by atoms with van der Waals surface area (Å²) in [6.45, 7) is 6.81. The zero-order valence-electron chi connectivity index (χ0n) is 15.7. The number of hydrogen-bond donors (Lipinski definition) is 0. The number of nitrogens with zero attached hydrogens (tertiary/aromatic N) is 6. The number of thiazole rings is 1. The molecule has 27 heavy (non-hydrogen) atoms. The normalized spacial score (nSPS) is 17.0. The lowest BCUT2D eigenvalue weighted by Crippen LogP contribution is -2.31. The van der Waals surface area contributed by atoms with Crippen molar-refractivity contribution in [1.82, 2.24) is 29.4 Å². The molecule has 4 heterocycles. The van der Waals surface area contributed by atoms with Crippen LogP contribution in [0.2, 0.25) is 0 Å². The van der Waals surface area contributed by atoms with E-state index in [4.69, 9.17) is 4.98 Å². The first-order valence-corrected chi connectivity index (χ1v) is 10.0. The molecule has 1 fully saturated rings. The van der Waals surface area contributed by atoms with Crippen LogP contribution in [-0.2, 0) is 0 Å². The van der Waals surface area contributed by atoms with Crippen LogP contribution >= 0.6 is 11.3 Å². The number of imidazole rings is 1. The van der Waals surface area contributed by atoms with E-state index < -0.39 is 0 Å². The lowest BCUT2D eigenvalue weighted by molar-refractivity contribution is 0.0736. The van der Waals surface area contributed by atoms with Crippen LogP contribution in [0.5, 0.6) is 0 Å². The maximum Gasteiger partial charge on any atom is 0.266 e. The molecule has 0 radical (unpaired) electrons. The fourth-order valence-electron chi connectivity index (χ4n) is 3.54. The topological polar surface area (TPSA) is 76.8 Å². The second-order valence-electron chi connectivity index (χ2n) is 7.04. The van der Waals surface area contributed by atoms with Gasteiger partial charge in [-0.2, -0.15) is 0 Å². The summed E-state index contributed by atoms with van der Waals surface area (Å²) in [4.78, 5) is 33.5. The first-order valence-electron chi connectivity index (χ1n) is 9.13. The second kappa shape index (κ2) is 7.19. The second-order valence-corrected chi connectivity index (χ2v) is 7.89. The number of rotatable bonds is 4. The Balaban J connectivity index is 1.66. The van der Waals surface area contributed by atoms with Gasteiger partial charge in [0.05, 0.1) is 35.3 Å². The maximum atomic E-state index is 13.0. The zero-order valence-corrected chi connectivity index (χ0v) is 16.5. The highest BCUT2D eigenvalue weighted by atomic mass is 32.1. The standard InChI is InChI=1S/C19H22N6OS/c1-12(2)18-21-6-8-25(18)16-10-20-9-14(23-16)15-5-4-7-24(15)19(26)17-13(3)22-11-27-17/h6,8-12,15H,4-5,7H2,1-3H3/t15-/m1/s1. The van der Waals surface area contributed by atoms with Crippen LogP contribution in [0.25, 0.3) is 5.82 Å². The Morgan fingerprint density at radius 1 is 1.30 bits per heavy atom. The quantitative estimate of drug-likeness (QED) is 0.690. The maximum absolute atomic E-state index is 13.0. The van der Waals surface area contributed by atoms with E-state index in [2.05, 4.69) is 28.8 Å². The number of amides is 1. The van der Waals surface area contributed by atoms with Gasteiger partial charge >= 0.3 is 0 Å². The van der Waals surface area contributed by atoms with Gasteiger partial charge in [-0.15, -0.1) is 11.3 Å². The highest BCUT2D eigenvalue weighted by Gasteiger charge is 2.33. The van der Waals surface area contributed by atoms with Crippen molar-refractivity contribution in [2.45, 2.75) is 45.6 Å². The first-order chi connectivity index (χ1) is 13.1. The number of aryl methyl sites for hydroxylation is 1. The lowest BCUT2D eigenvalue weighted by atomic mass is 10.1. The van der Waals surface area contributed by atoms with Gasteiger partial charge in [0.25, 0.3) is 5.91 Å². The van der Waals surface area contributed by atoms with Gasteiger partial charge in [0, 0.05) is 24.9 Å². The summed E-state index contributed by atoms with van der Waals surface area (Å²) >= 11 is 1.40. The van der Waals surface area contributed by atoms with Crippen LogP contribution in [0.3, 0.4) is 0 Å². The van der Waals surface area contributed by atoms with Crippen LogP contribution < -0.4 is 0 Å². The van der Waals surface area contributed by atoms with Gasteiger partial charge in [-0.3, -0.25) is 14.3 Å². The highest BCUT2D eigenvalue weighted by molar-refractivity contribution is 7.11. The molecule has 1 aliphatic heterocycles. The third kappa shape index (κ3) is 3.25. The van der Waals surface area contributed by atoms with Crippen molar-refractivity contribution < 1.29 is 4.79 Å². The van der Waals surface area contributed by atoms with Gasteiger partial charge in [-0.05, 0) is 19.8 Å². The summed E-state index contributed by atoms with van der Waals surface area (Å²) < 4.78 is 1.97. The van der Waals surface area contributed by atoms with Crippen molar-refractivity contribution in [3.05, 3.63) is 52.4 Å². The van der Waals surface area contributed by atoms with Gasteiger partial charge in [0.15, 0.2) is 5.82 Å². The Bertz CT molecular complexity index is 963. The third-order valence-corrected chi connectivity index (χ3v) is 5.78. The molecule has 0 aliphatic carbocycles. The van der Waals surface area contributed by atoms with Crippen LogP contribution in [0.4, 0.5) is 0 Å². The van der Waals surface area contributed by atoms with Crippen LogP contribution in [-0.4, -0.2) is 41.9 Å². The van der Waals surface area contributed by atoms with Crippen LogP contribution in [0.15, 0.2) is 30.3 Å². The number of carbonyl (C=O) groups is 1. The van der Waals surface area contributed by atoms with E-state index in [9.17, 15) is 4.79 Å². The number of aromatic nitrogens is 5. The molecule has 0 N–H and O–H groups in total. The van der Waals surface area contributed by atoms with E-state index in [-0.39, 0.29) is 17.9 Å². The molecule has 1 aliphatic rings. The summed E-state index contributed by atoms with van der Waals surface area (Å²) in [6, 6.07) is -0.0579. The van der Waals surface area contributed by atoms with Crippen molar-refractivity contribution in [2.75, 3.05) is 6.54 Å². The third-order valence-electron chi connectivity index (χ3n) is 4.87. The van der Waals surface area contributed by atoms with Crippen molar-refractivity contribution in [2.24, 2.45) is 0 Å². The van der Waals surface area contributed by atoms with Gasteiger partial charge in [0.2, 0.25) is 0 Å². The molecule has 0 unspecified atom stereocenters. The molecule has 0 bridgehead atoms. The molecule has 1 saturated heterocycles. The minimum atomic E-state index is -0.0579. The smallest absolute Gasteiger partial charge is 0.266 e. The largest absolute Gasteiger partial charge is 0.329 e. The molecule has 3 aromatic rings. The molecular formula is C19H22N6OS. The van der Waals surface area contributed by atoms with E-state index in [1.165, 1.54) is 11.3 Å². The van der Waals surface area contributed by atoms with E-state index in [1.807, 2.05) is 22.6 Å². The predicted molar refractivity (Wildman–Crippen MR) is 103 cm³/mol. The minimum Gasteiger partial charge on any atom is -0.329 e. The van der Waals surface area contributed by atoms with Crippen LogP contribution in [0, 0.1) is 6.92 Å². The summed E-state index contributed by atoms with van der Waals surface area (Å²) in [5.41, 5.74) is 3.33. The molecule has 3 aromatic heterocycles. The fourth-order valence-corrected chi connectivity index (χ4v) is 4.30. The SMILES string of the molecule is Cc1ncsc1C(=O)N1CCC[C@@H]1c1cncc(-n2ccnc2C(C)C)n1. The number of likely N-dealkylation sites (tertiary alicyclic amines) is 1. The van der Waals surface area contributed by atoms with Gasteiger partial charge < -0.3 is 4.90 Å². The minimum absolute atomic E-state index is 0.0372. The van der Waals surface area contributed by atoms with Gasteiger partial charge in [0.1, 0.15) is 10.7 Å². The summed E-state index contributed by atoms with van der Waals surface area (Å²) in [6.07, 6.45) is 9.05. The van der Waals surface area contributed by atoms with E-state index >= 15 is 0 Å². The first kappa shape index (κ1) is 17.8. The molecule has 1 amide bonds. The Hall–Kier alpha value is -2.61. The molecule has 1 atom stereocenters. The van der Waals surface area contributed by atoms with Crippen molar-refractivity contribution in [1.29, 1.82) is 0 Å². The molecule has 7 nitrogen and oxygen atoms in total. The van der Waals surface area contributed by atoms with Crippen LogP contribution in [0.1, 0.15) is 65.5 Å². The predicted octanol–water partition coefficient (Wildman–Crippen LogP) is 3.53. The van der Waals surface area contributed by atoms with E-state index in [1.54, 1.807) is 24.1 Å². The summed E-state index contributed by atoms with van der Waals surface area (Å²) in [7, 11) is 0. The van der Waals surface area contributed by atoms with Gasteiger partial charge in [-0.1, -0.05) is 13.8 Å². The zero-order chi connectivity index (χ0) is 19.0. The van der Waals surface area contributed by atoms with Crippen molar-refractivity contribution >= 4 is 17.2 Å². The van der Waals surface area contributed by atoms with E-state index in [0.29, 0.717) is 4.88 Å². The number of carbonyl (C=O) groups excluding carboxylic acids is 1. The molecule has 0 spiro atoms. The summed E-state index contributed by atoms with van der Waals surface area (Å²) in [5.74, 6) is 2.00.